The molecule has 1 aliphatic rings. The van der Waals surface area contributed by atoms with Crippen molar-refractivity contribution in [3.05, 3.63) is 54.4 Å². The second-order valence-corrected chi connectivity index (χ2v) is 7.30. The molecule has 2 heterocycles. The molecule has 1 fully saturated rings. The first-order valence-corrected chi connectivity index (χ1v) is 9.84. The molecule has 3 aromatic rings. The molecule has 1 aromatic carbocycles. The number of hydrogen-bond donors (Lipinski definition) is 2. The molecule has 28 heavy (non-hydrogen) atoms. The molecule has 0 bridgehead atoms. The minimum absolute atomic E-state index is 0.0548. The van der Waals surface area contributed by atoms with Gasteiger partial charge in [0.15, 0.2) is 0 Å². The lowest BCUT2D eigenvalue weighted by Crippen LogP contribution is -2.42. The number of rotatable bonds is 5. The highest BCUT2D eigenvalue weighted by molar-refractivity contribution is 5.96. The van der Waals surface area contributed by atoms with Crippen LogP contribution < -0.4 is 5.32 Å². The number of aromatic nitrogens is 1. The van der Waals surface area contributed by atoms with Gasteiger partial charge in [-0.25, -0.2) is 0 Å². The summed E-state index contributed by atoms with van der Waals surface area (Å²) in [7, 11) is 0. The molecule has 2 N–H and O–H groups in total. The van der Waals surface area contributed by atoms with Gasteiger partial charge < -0.3 is 14.9 Å². The Balaban J connectivity index is 1.40. The van der Waals surface area contributed by atoms with Gasteiger partial charge >= 0.3 is 0 Å². The Labute approximate surface area is 164 Å². The lowest BCUT2D eigenvalue weighted by molar-refractivity contribution is -0.131. The fourth-order valence-corrected chi connectivity index (χ4v) is 3.95. The van der Waals surface area contributed by atoms with Crippen molar-refractivity contribution in [1.29, 1.82) is 0 Å². The molecule has 6 heteroatoms. The normalized spacial score (nSPS) is 19.8. The zero-order chi connectivity index (χ0) is 19.5. The molecule has 6 nitrogen and oxygen atoms in total. The van der Waals surface area contributed by atoms with Crippen LogP contribution in [0, 0.1) is 0 Å². The predicted octanol–water partition coefficient (Wildman–Crippen LogP) is 4.25. The molecule has 1 saturated carbocycles. The highest BCUT2D eigenvalue weighted by Crippen LogP contribution is 2.27. The molecule has 1 aliphatic carbocycles. The second kappa shape index (κ2) is 8.12. The summed E-state index contributed by atoms with van der Waals surface area (Å²) in [6.07, 6.45) is 6.95. The molecule has 0 spiro atoms. The van der Waals surface area contributed by atoms with Crippen molar-refractivity contribution in [2.24, 2.45) is 0 Å². The van der Waals surface area contributed by atoms with Crippen LogP contribution in [-0.2, 0) is 0 Å². The van der Waals surface area contributed by atoms with Gasteiger partial charge in [0.05, 0.1) is 12.0 Å². The molecule has 0 unspecified atom stereocenters. The van der Waals surface area contributed by atoms with Crippen molar-refractivity contribution in [3.8, 4) is 11.3 Å². The first-order valence-electron chi connectivity index (χ1n) is 9.84. The number of benzene rings is 1. The van der Waals surface area contributed by atoms with E-state index in [4.69, 9.17) is 4.42 Å². The Morgan fingerprint density at radius 3 is 2.64 bits per heavy atom. The molecule has 1 amide bonds. The smallest absolute Gasteiger partial charge is 0.251 e. The Morgan fingerprint density at radius 1 is 1.18 bits per heavy atom. The standard InChI is InChI=1S/C22H25N3O3/c1-2-25(27)18-9-7-17(8-10-18)24-22(26)16-5-3-15(4-6-16)21-19-12-14-28-20(19)11-13-23-21/h3-6,11-14,17-18,27H,2,7-10H2,1H3,(H,24,26). The maximum atomic E-state index is 12.6. The van der Waals surface area contributed by atoms with E-state index in [2.05, 4.69) is 10.3 Å². The lowest BCUT2D eigenvalue weighted by Gasteiger charge is -2.33. The largest absolute Gasteiger partial charge is 0.464 e. The van der Waals surface area contributed by atoms with Crippen molar-refractivity contribution in [2.45, 2.75) is 44.7 Å². The number of carbonyl (C=O) groups is 1. The number of furan rings is 1. The molecule has 0 saturated heterocycles. The summed E-state index contributed by atoms with van der Waals surface area (Å²) >= 11 is 0. The van der Waals surface area contributed by atoms with E-state index < -0.39 is 0 Å². The third kappa shape index (κ3) is 3.79. The van der Waals surface area contributed by atoms with Gasteiger partial charge in [-0.05, 0) is 49.9 Å². The van der Waals surface area contributed by atoms with Crippen LogP contribution in [0.25, 0.3) is 22.2 Å². The SMILES string of the molecule is CCN(O)C1CCC(NC(=O)c2ccc(-c3nccc4occc34)cc2)CC1. The molecule has 4 rings (SSSR count). The van der Waals surface area contributed by atoms with Gasteiger partial charge in [-0.1, -0.05) is 19.1 Å². The van der Waals surface area contributed by atoms with Crippen molar-refractivity contribution in [3.63, 3.8) is 0 Å². The van der Waals surface area contributed by atoms with E-state index in [-0.39, 0.29) is 18.0 Å². The highest BCUT2D eigenvalue weighted by Gasteiger charge is 2.25. The van der Waals surface area contributed by atoms with Gasteiger partial charge in [-0.3, -0.25) is 9.78 Å². The lowest BCUT2D eigenvalue weighted by atomic mass is 9.90. The fraction of sp³-hybridized carbons (Fsp3) is 0.364. The molecule has 2 aromatic heterocycles. The van der Waals surface area contributed by atoms with Gasteiger partial charge in [0.25, 0.3) is 5.91 Å². The quantitative estimate of drug-likeness (QED) is 0.648. The summed E-state index contributed by atoms with van der Waals surface area (Å²) in [4.78, 5) is 17.1. The molecule has 146 valence electrons. The third-order valence-electron chi connectivity index (χ3n) is 5.58. The van der Waals surface area contributed by atoms with Gasteiger partial charge in [0.2, 0.25) is 0 Å². The summed E-state index contributed by atoms with van der Waals surface area (Å²) in [6.45, 7) is 2.58. The van der Waals surface area contributed by atoms with E-state index in [0.29, 0.717) is 12.1 Å². The second-order valence-electron chi connectivity index (χ2n) is 7.30. The number of amides is 1. The molecule has 0 aliphatic heterocycles. The van der Waals surface area contributed by atoms with E-state index in [1.807, 2.05) is 43.3 Å². The molecular formula is C22H25N3O3. The summed E-state index contributed by atoms with van der Waals surface area (Å²) in [5.41, 5.74) is 3.24. The average molecular weight is 379 g/mol. The predicted molar refractivity (Wildman–Crippen MR) is 107 cm³/mol. The minimum atomic E-state index is -0.0548. The zero-order valence-corrected chi connectivity index (χ0v) is 16.0. The Morgan fingerprint density at radius 2 is 1.93 bits per heavy atom. The van der Waals surface area contributed by atoms with Crippen LogP contribution in [0.5, 0.6) is 0 Å². The summed E-state index contributed by atoms with van der Waals surface area (Å²) in [5, 5.41) is 15.3. The Hall–Kier alpha value is -2.70. The van der Waals surface area contributed by atoms with Crippen molar-refractivity contribution in [1.82, 2.24) is 15.4 Å². The molecular weight excluding hydrogens is 354 g/mol. The third-order valence-corrected chi connectivity index (χ3v) is 5.58. The van der Waals surface area contributed by atoms with Crippen LogP contribution in [0.4, 0.5) is 0 Å². The summed E-state index contributed by atoms with van der Waals surface area (Å²) in [5.74, 6) is -0.0548. The number of nitrogens with one attached hydrogen (secondary N) is 1. The van der Waals surface area contributed by atoms with Gasteiger partial charge in [-0.15, -0.1) is 0 Å². The maximum absolute atomic E-state index is 12.6. The molecule has 0 radical (unpaired) electrons. The zero-order valence-electron chi connectivity index (χ0n) is 16.0. The number of hydrogen-bond acceptors (Lipinski definition) is 5. The maximum Gasteiger partial charge on any atom is 0.251 e. The summed E-state index contributed by atoms with van der Waals surface area (Å²) < 4.78 is 5.43. The number of hydroxylamine groups is 2. The van der Waals surface area contributed by atoms with Crippen molar-refractivity contribution < 1.29 is 14.4 Å². The topological polar surface area (TPSA) is 78.6 Å². The van der Waals surface area contributed by atoms with Gasteiger partial charge in [-0.2, -0.15) is 5.06 Å². The monoisotopic (exact) mass is 379 g/mol. The number of carbonyl (C=O) groups excluding carboxylic acids is 1. The van der Waals surface area contributed by atoms with Crippen LogP contribution in [0.3, 0.4) is 0 Å². The highest BCUT2D eigenvalue weighted by atomic mass is 16.5. The minimum Gasteiger partial charge on any atom is -0.464 e. The van der Waals surface area contributed by atoms with E-state index >= 15 is 0 Å². The van der Waals surface area contributed by atoms with E-state index in [0.717, 1.165) is 47.9 Å². The van der Waals surface area contributed by atoms with Crippen molar-refractivity contribution in [2.75, 3.05) is 6.54 Å². The van der Waals surface area contributed by atoms with Crippen LogP contribution in [0.15, 0.2) is 53.3 Å². The molecule has 0 atom stereocenters. The van der Waals surface area contributed by atoms with Crippen LogP contribution in [0.1, 0.15) is 43.0 Å². The van der Waals surface area contributed by atoms with E-state index in [1.54, 1.807) is 12.5 Å². The van der Waals surface area contributed by atoms with Crippen molar-refractivity contribution >= 4 is 16.9 Å². The van der Waals surface area contributed by atoms with E-state index in [9.17, 15) is 10.0 Å². The first-order chi connectivity index (χ1) is 13.7. The Bertz CT molecular complexity index is 943. The Kier molecular flexibility index (Phi) is 5.41. The average Bonchev–Trinajstić information content (AvgIpc) is 3.23. The van der Waals surface area contributed by atoms with E-state index in [1.165, 1.54) is 5.06 Å². The fourth-order valence-electron chi connectivity index (χ4n) is 3.95. The van der Waals surface area contributed by atoms with Crippen LogP contribution >= 0.6 is 0 Å². The van der Waals surface area contributed by atoms with Gasteiger partial charge in [0.1, 0.15) is 5.58 Å². The number of fused-ring (bicyclic) bond motifs is 1. The van der Waals surface area contributed by atoms with Crippen LogP contribution in [0.2, 0.25) is 0 Å². The number of nitrogens with zero attached hydrogens (tertiary/aromatic N) is 2. The summed E-state index contributed by atoms with van der Waals surface area (Å²) in [6, 6.07) is 11.6. The first kappa shape index (κ1) is 18.7. The van der Waals surface area contributed by atoms with Crippen LogP contribution in [-0.4, -0.2) is 39.8 Å². The van der Waals surface area contributed by atoms with Gasteiger partial charge in [0, 0.05) is 41.3 Å². The number of pyridine rings is 1.